The van der Waals surface area contributed by atoms with Gasteiger partial charge in [-0.15, -0.1) is 0 Å². The van der Waals surface area contributed by atoms with Crippen molar-refractivity contribution in [3.05, 3.63) is 396 Å². The van der Waals surface area contributed by atoms with Crippen LogP contribution in [0.2, 0.25) is 0 Å². The van der Waals surface area contributed by atoms with Crippen molar-refractivity contribution in [2.45, 2.75) is 101 Å². The van der Waals surface area contributed by atoms with Gasteiger partial charge in [0.15, 0.2) is 31.0 Å². The molecule has 0 amide bonds. The van der Waals surface area contributed by atoms with Gasteiger partial charge in [-0.3, -0.25) is 0 Å². The number of pyridine rings is 5. The zero-order valence-corrected chi connectivity index (χ0v) is 85.9. The third-order valence-electron chi connectivity index (χ3n) is 30.4. The summed E-state index contributed by atoms with van der Waals surface area (Å²) < 4.78 is 97.4. The normalized spacial score (nSPS) is 13.9. The van der Waals surface area contributed by atoms with Crippen LogP contribution in [0.4, 0.5) is 0 Å². The minimum Gasteiger partial charge on any atom is -0.485 e. The van der Waals surface area contributed by atoms with Crippen molar-refractivity contribution >= 4 is 197 Å². The van der Waals surface area contributed by atoms with Crippen LogP contribution < -0.4 is 27.6 Å². The lowest BCUT2D eigenvalue weighted by Crippen LogP contribution is -2.31. The molecule has 14 aromatic heterocycles. The molecule has 0 saturated heterocycles. The summed E-state index contributed by atoms with van der Waals surface area (Å²) >= 11 is 0. The average molecular weight is 1950 g/mol. The molecule has 0 saturated carbocycles. The molecule has 726 valence electrons. The number of allylic oxidation sites excluding steroid dienone is 2. The summed E-state index contributed by atoms with van der Waals surface area (Å²) in [6.07, 6.45) is 19.6. The fourth-order valence-electron chi connectivity index (χ4n) is 23.0. The van der Waals surface area contributed by atoms with Gasteiger partial charge in [-0.1, -0.05) is 172 Å². The molecular formula is C134H110N5O10+5. The molecule has 1 aliphatic heterocycles. The molecule has 15 heterocycles. The number of benzene rings is 14. The Morgan fingerprint density at radius 2 is 0.604 bits per heavy atom. The Bertz CT molecular complexity index is 10700. The van der Waals surface area contributed by atoms with E-state index in [2.05, 4.69) is 347 Å². The van der Waals surface area contributed by atoms with Crippen LogP contribution in [0.5, 0.6) is 5.75 Å². The third kappa shape index (κ3) is 15.3. The van der Waals surface area contributed by atoms with Crippen molar-refractivity contribution < 1.29 is 71.4 Å². The van der Waals surface area contributed by atoms with Crippen LogP contribution in [0, 0.1) is 67.7 Å². The number of aromatic nitrogens is 5. The fourth-order valence-corrected chi connectivity index (χ4v) is 23.0. The van der Waals surface area contributed by atoms with Crippen LogP contribution in [0.1, 0.15) is 92.0 Å². The molecule has 0 radical (unpaired) electrons. The number of para-hydroxylation sites is 4. The summed E-state index contributed by atoms with van der Waals surface area (Å²) in [4.78, 5) is 0. The molecule has 2 aliphatic rings. The molecule has 0 bridgehead atoms. The molecule has 28 aromatic rings. The Kier molecular flexibility index (Phi) is 20.7. The molecule has 0 N–H and O–H groups in total. The highest BCUT2D eigenvalue weighted by Gasteiger charge is 2.37. The fraction of sp³-hybridized carbons (Fsp3) is 0.157. The van der Waals surface area contributed by atoms with E-state index in [4.69, 9.17) is 48.6 Å². The lowest BCUT2D eigenvalue weighted by molar-refractivity contribution is -0.660. The second-order valence-corrected chi connectivity index (χ2v) is 41.9. The van der Waals surface area contributed by atoms with Crippen molar-refractivity contribution in [3.8, 4) is 62.0 Å². The highest BCUT2D eigenvalue weighted by Crippen LogP contribution is 2.52. The SMILES string of the molecule is Cc1cc[n+](C)c(-c2c(C)ccc3c2oc2cc4c(cc23)oc2ccccc24)c1.Cc1ccc(-c2c(C)ccc3c2oc2cc4c(cc23)oc2ccccc24)[n+](C)c1.Cc1ccc2c(oc3cc4c(cc32)oc2ccccc24)c1-c1cc(CC(C)(C)C)cc[n+]1C.Cc1ccc2c(oc3cc4c(cc32)oc2ccccc24)c1-c1cccc[n+]1C.[2H]C([2H])([2H])c1c[n+](C)c(-c2c(C)ccc3c2oc2c4c(ccc23)OC2C=CC=CC42)cc1C. The van der Waals surface area contributed by atoms with Gasteiger partial charge in [0.1, 0.15) is 148 Å². The maximum atomic E-state index is 7.86. The molecule has 15 heteroatoms. The van der Waals surface area contributed by atoms with E-state index in [1.165, 1.54) is 44.6 Å². The molecular weight excluding hydrogens is 1840 g/mol. The van der Waals surface area contributed by atoms with Crippen molar-refractivity contribution in [1.29, 1.82) is 0 Å². The lowest BCUT2D eigenvalue weighted by Gasteiger charge is -2.18. The first kappa shape index (κ1) is 87.9. The minimum atomic E-state index is -2.15. The first-order chi connectivity index (χ1) is 73.4. The molecule has 0 fully saturated rings. The highest BCUT2D eigenvalue weighted by atomic mass is 16.5. The summed E-state index contributed by atoms with van der Waals surface area (Å²) in [5.74, 6) is 1.00. The first-order valence-corrected chi connectivity index (χ1v) is 50.9. The number of nitrogens with zero attached hydrogens (tertiary/aromatic N) is 5. The Morgan fingerprint density at radius 3 is 1.03 bits per heavy atom. The van der Waals surface area contributed by atoms with Gasteiger partial charge in [0.05, 0.1) is 33.7 Å². The van der Waals surface area contributed by atoms with E-state index in [1.54, 1.807) is 6.20 Å². The number of rotatable bonds is 6. The molecule has 15 nitrogen and oxygen atoms in total. The topological polar surface area (TPSA) is 147 Å². The average Bonchev–Trinajstić information content (AvgIpc) is 1.57. The molecule has 2 unspecified atom stereocenters. The smallest absolute Gasteiger partial charge is 0.216 e. The van der Waals surface area contributed by atoms with E-state index < -0.39 is 6.85 Å². The summed E-state index contributed by atoms with van der Waals surface area (Å²) in [5.41, 5.74) is 39.4. The second-order valence-electron chi connectivity index (χ2n) is 41.9. The highest BCUT2D eigenvalue weighted by molar-refractivity contribution is 6.22. The van der Waals surface area contributed by atoms with Crippen LogP contribution in [0.25, 0.3) is 254 Å². The summed E-state index contributed by atoms with van der Waals surface area (Å²) in [6, 6.07) is 96.6. The van der Waals surface area contributed by atoms with Crippen LogP contribution in [0.3, 0.4) is 0 Å². The quantitative estimate of drug-likeness (QED) is 0.147. The number of fused-ring (bicyclic) bond motifs is 31. The molecule has 14 aromatic carbocycles. The number of hydrogen-bond acceptors (Lipinski definition) is 10. The number of aryl methyl sites for hydroxylation is 14. The van der Waals surface area contributed by atoms with E-state index in [0.29, 0.717) is 5.56 Å². The van der Waals surface area contributed by atoms with Crippen molar-refractivity contribution in [2.24, 2.45) is 40.7 Å². The second kappa shape index (κ2) is 35.1. The van der Waals surface area contributed by atoms with Gasteiger partial charge < -0.3 is 44.5 Å². The molecule has 149 heavy (non-hydrogen) atoms. The largest absolute Gasteiger partial charge is 0.485 e. The maximum absolute atomic E-state index is 7.86. The molecule has 2 atom stereocenters. The molecule has 30 rings (SSSR count). The van der Waals surface area contributed by atoms with E-state index >= 15 is 0 Å². The Balaban J connectivity index is 0.0000000956. The van der Waals surface area contributed by atoms with Gasteiger partial charge >= 0.3 is 0 Å². The number of hydrogen-bond donors (Lipinski definition) is 0. The summed E-state index contributed by atoms with van der Waals surface area (Å²) in [7, 11) is 10.2. The number of furan rings is 9. The van der Waals surface area contributed by atoms with E-state index in [1.807, 2.05) is 116 Å². The van der Waals surface area contributed by atoms with E-state index in [0.717, 1.165) is 277 Å². The number of ether oxygens (including phenoxy) is 1. The van der Waals surface area contributed by atoms with Crippen LogP contribution >= 0.6 is 0 Å². The Hall–Kier alpha value is -17.7. The first-order valence-electron chi connectivity index (χ1n) is 52.4. The predicted molar refractivity (Wildman–Crippen MR) is 602 cm³/mol. The monoisotopic (exact) mass is 1950 g/mol. The maximum Gasteiger partial charge on any atom is 0.216 e. The van der Waals surface area contributed by atoms with Crippen molar-refractivity contribution in [3.63, 3.8) is 0 Å². The summed E-state index contributed by atoms with van der Waals surface area (Å²) in [5, 5.41) is 19.7. The molecule has 0 spiro atoms. The van der Waals surface area contributed by atoms with Crippen LogP contribution in [0.15, 0.2) is 374 Å². The Morgan fingerprint density at radius 1 is 0.255 bits per heavy atom. The van der Waals surface area contributed by atoms with Gasteiger partial charge in [-0.2, -0.15) is 0 Å². The van der Waals surface area contributed by atoms with E-state index in [9.17, 15) is 0 Å². The lowest BCUT2D eigenvalue weighted by atomic mass is 9.88. The third-order valence-corrected chi connectivity index (χ3v) is 30.4. The van der Waals surface area contributed by atoms with Gasteiger partial charge in [-0.05, 0) is 222 Å². The van der Waals surface area contributed by atoms with Crippen LogP contribution in [-0.2, 0) is 41.7 Å². The minimum absolute atomic E-state index is 0.00195. The standard InChI is InChI=1S/C30H28NO2.C27H24NO2.2C26H20NO2.C25H18NO2/c1-18-10-11-21-23-16-26-22(20-8-6-7-9-25(20)32-26)15-27(23)33-29(21)28(18)24-14-19(12-13-31(24)5)17-30(2,3)4;1-15-9-10-18-19-11-12-23-25(20-7-5-6-8-22(20)29-23)27(19)30-26(18)24(15)21-13-16(2)17(3)14-28(21)4;1-15-8-11-21(27(3)14-15)25-16(2)9-10-18-20-13-23-19(12-24(20)29-26(18)25)17-6-4-5-7-22(17)28-23;1-15-10-11-27(3)21(12-15)25-16(2)8-9-18-20-14-23-19(13-24(20)29-26(18)25)17-6-4-5-7-22(17)28-23;1-15-10-11-17-19-14-22-18(16-7-3-4-9-21(16)27-22)13-23(19)28-25(17)24(15)20-8-5-6-12-26(20)2/h6-16H,17H2,1-5H3;5-14,20,22H,1-4H3;2*4-14H,1-3H3;3-14H,1-2H3/q5*+1/i;3D3;;;. The van der Waals surface area contributed by atoms with Crippen molar-refractivity contribution in [1.82, 2.24) is 0 Å². The zero-order valence-electron chi connectivity index (χ0n) is 88.9. The van der Waals surface area contributed by atoms with E-state index in [-0.39, 0.29) is 17.4 Å². The zero-order chi connectivity index (χ0) is 104. The van der Waals surface area contributed by atoms with Gasteiger partial charge in [0.25, 0.3) is 0 Å². The van der Waals surface area contributed by atoms with Gasteiger partial charge in [-0.25, -0.2) is 22.8 Å². The van der Waals surface area contributed by atoms with Crippen LogP contribution in [-0.4, -0.2) is 6.10 Å². The summed E-state index contributed by atoms with van der Waals surface area (Å²) in [6.45, 7) is 21.4. The van der Waals surface area contributed by atoms with Crippen molar-refractivity contribution in [2.75, 3.05) is 0 Å². The Labute approximate surface area is 863 Å². The molecule has 1 aliphatic carbocycles. The van der Waals surface area contributed by atoms with Gasteiger partial charge in [0, 0.05) is 166 Å². The van der Waals surface area contributed by atoms with Gasteiger partial charge in [0.2, 0.25) is 28.5 Å². The predicted octanol–water partition coefficient (Wildman–Crippen LogP) is 33.3.